The van der Waals surface area contributed by atoms with E-state index in [0.29, 0.717) is 6.04 Å². The molecule has 84 valence electrons. The smallest absolute Gasteiger partial charge is 0.0951 e. The van der Waals surface area contributed by atoms with Gasteiger partial charge >= 0.3 is 0 Å². The van der Waals surface area contributed by atoms with Gasteiger partial charge in [0.05, 0.1) is 11.2 Å². The molecule has 1 aromatic carbocycles. The number of nitrogens with zero attached hydrogens (tertiary/aromatic N) is 2. The number of hydrogen-bond acceptors (Lipinski definition) is 3. The van der Waals surface area contributed by atoms with Crippen molar-refractivity contribution in [3.05, 3.63) is 30.5 Å². The number of pyridine rings is 1. The Hall–Kier alpha value is -1.77. The highest BCUT2D eigenvalue weighted by atomic mass is 15.1. The molecule has 1 aromatic heterocycles. The summed E-state index contributed by atoms with van der Waals surface area (Å²) >= 11 is 0. The van der Waals surface area contributed by atoms with Gasteiger partial charge in [-0.1, -0.05) is 0 Å². The van der Waals surface area contributed by atoms with Crippen molar-refractivity contribution in [1.29, 1.82) is 0 Å². The van der Waals surface area contributed by atoms with Crippen LogP contribution in [0.3, 0.4) is 0 Å². The fourth-order valence-corrected chi connectivity index (χ4v) is 1.77. The Morgan fingerprint density at radius 3 is 2.69 bits per heavy atom. The third-order valence-corrected chi connectivity index (χ3v) is 2.93. The molecule has 0 fully saturated rings. The molecule has 1 heterocycles. The van der Waals surface area contributed by atoms with Crippen LogP contribution in [0.5, 0.6) is 0 Å². The van der Waals surface area contributed by atoms with Crippen LogP contribution in [0, 0.1) is 0 Å². The maximum Gasteiger partial charge on any atom is 0.0951 e. The Kier molecular flexibility index (Phi) is 2.69. The molecule has 2 aromatic rings. The predicted molar refractivity (Wildman–Crippen MR) is 69.7 cm³/mol. The van der Waals surface area contributed by atoms with Gasteiger partial charge in [-0.3, -0.25) is 4.98 Å². The summed E-state index contributed by atoms with van der Waals surface area (Å²) < 4.78 is 0. The van der Waals surface area contributed by atoms with E-state index in [0.717, 1.165) is 16.6 Å². The predicted octanol–water partition coefficient (Wildman–Crippen LogP) is 2.66. The van der Waals surface area contributed by atoms with Crippen LogP contribution in [0.2, 0.25) is 0 Å². The molecule has 2 N–H and O–H groups in total. The van der Waals surface area contributed by atoms with E-state index in [1.807, 2.05) is 12.1 Å². The zero-order valence-corrected chi connectivity index (χ0v) is 9.94. The van der Waals surface area contributed by atoms with E-state index >= 15 is 0 Å². The average molecular weight is 215 g/mol. The van der Waals surface area contributed by atoms with Gasteiger partial charge in [-0.25, -0.2) is 0 Å². The van der Waals surface area contributed by atoms with Gasteiger partial charge in [-0.2, -0.15) is 0 Å². The number of fused-ring (bicyclic) bond motifs is 1. The van der Waals surface area contributed by atoms with E-state index in [2.05, 4.69) is 42.9 Å². The highest BCUT2D eigenvalue weighted by Gasteiger charge is 2.10. The van der Waals surface area contributed by atoms with E-state index in [1.165, 1.54) is 5.69 Å². The van der Waals surface area contributed by atoms with E-state index in [9.17, 15) is 0 Å². The quantitative estimate of drug-likeness (QED) is 0.783. The monoisotopic (exact) mass is 215 g/mol. The summed E-state index contributed by atoms with van der Waals surface area (Å²) in [6.45, 7) is 4.33. The molecule has 0 aliphatic carbocycles. The lowest BCUT2D eigenvalue weighted by molar-refractivity contribution is 0.757. The number of hydrogen-bond donors (Lipinski definition) is 1. The normalized spacial score (nSPS) is 11.0. The number of anilines is 2. The molecule has 0 aliphatic heterocycles. The molecule has 0 atom stereocenters. The van der Waals surface area contributed by atoms with Crippen LogP contribution in [-0.2, 0) is 0 Å². The first-order valence-corrected chi connectivity index (χ1v) is 5.47. The van der Waals surface area contributed by atoms with Crippen LogP contribution >= 0.6 is 0 Å². The molecule has 0 unspecified atom stereocenters. The first kappa shape index (κ1) is 10.7. The fourth-order valence-electron chi connectivity index (χ4n) is 1.77. The molecule has 3 heteroatoms. The largest absolute Gasteiger partial charge is 0.397 e. The van der Waals surface area contributed by atoms with Gasteiger partial charge in [0, 0.05) is 30.4 Å². The standard InChI is InChI=1S/C13H17N3/c1-9(2)16(3)12-7-6-11(14)13-10(12)5-4-8-15-13/h4-9H,14H2,1-3H3. The molecule has 0 saturated heterocycles. The Balaban J connectivity index is 2.67. The molecule has 3 nitrogen and oxygen atoms in total. The van der Waals surface area contributed by atoms with E-state index in [1.54, 1.807) is 6.20 Å². The van der Waals surface area contributed by atoms with Crippen LogP contribution in [0.1, 0.15) is 13.8 Å². The topological polar surface area (TPSA) is 42.1 Å². The molecule has 0 radical (unpaired) electrons. The lowest BCUT2D eigenvalue weighted by Crippen LogP contribution is -2.25. The van der Waals surface area contributed by atoms with Crippen LogP contribution < -0.4 is 10.6 Å². The molecule has 0 spiro atoms. The molecular weight excluding hydrogens is 198 g/mol. The summed E-state index contributed by atoms with van der Waals surface area (Å²) in [5.74, 6) is 0. The Labute approximate surface area is 95.9 Å². The van der Waals surface area contributed by atoms with Gasteiger partial charge in [-0.15, -0.1) is 0 Å². The van der Waals surface area contributed by atoms with Crippen LogP contribution in [0.25, 0.3) is 10.9 Å². The zero-order valence-electron chi connectivity index (χ0n) is 9.94. The second-order valence-corrected chi connectivity index (χ2v) is 4.28. The number of rotatable bonds is 2. The SMILES string of the molecule is CC(C)N(C)c1ccc(N)c2ncccc12. The maximum absolute atomic E-state index is 5.92. The van der Waals surface area contributed by atoms with Crippen molar-refractivity contribution in [2.45, 2.75) is 19.9 Å². The van der Waals surface area contributed by atoms with Crippen LogP contribution in [0.4, 0.5) is 11.4 Å². The van der Waals surface area contributed by atoms with Gasteiger partial charge in [0.1, 0.15) is 0 Å². The van der Waals surface area contributed by atoms with Gasteiger partial charge < -0.3 is 10.6 Å². The third kappa shape index (κ3) is 1.69. The van der Waals surface area contributed by atoms with Gasteiger partial charge in [0.15, 0.2) is 0 Å². The van der Waals surface area contributed by atoms with Gasteiger partial charge in [0.2, 0.25) is 0 Å². The minimum absolute atomic E-state index is 0.451. The summed E-state index contributed by atoms with van der Waals surface area (Å²) in [6, 6.07) is 8.43. The highest BCUT2D eigenvalue weighted by molar-refractivity contribution is 5.98. The van der Waals surface area contributed by atoms with E-state index in [4.69, 9.17) is 5.73 Å². The van der Waals surface area contributed by atoms with Crippen LogP contribution in [-0.4, -0.2) is 18.1 Å². The molecule has 0 bridgehead atoms. The number of benzene rings is 1. The number of nitrogen functional groups attached to an aromatic ring is 1. The molecular formula is C13H17N3. The lowest BCUT2D eigenvalue weighted by Gasteiger charge is -2.25. The first-order valence-electron chi connectivity index (χ1n) is 5.47. The third-order valence-electron chi connectivity index (χ3n) is 2.93. The molecule has 2 rings (SSSR count). The van der Waals surface area contributed by atoms with Crippen molar-refractivity contribution in [3.63, 3.8) is 0 Å². The van der Waals surface area contributed by atoms with E-state index < -0.39 is 0 Å². The summed E-state index contributed by atoms with van der Waals surface area (Å²) in [7, 11) is 2.09. The summed E-state index contributed by atoms with van der Waals surface area (Å²) in [6.07, 6.45) is 1.78. The van der Waals surface area contributed by atoms with Crippen LogP contribution in [0.15, 0.2) is 30.5 Å². The molecule has 0 amide bonds. The second-order valence-electron chi connectivity index (χ2n) is 4.28. The summed E-state index contributed by atoms with van der Waals surface area (Å²) in [5, 5.41) is 1.11. The Morgan fingerprint density at radius 1 is 1.25 bits per heavy atom. The molecule has 0 saturated carbocycles. The van der Waals surface area contributed by atoms with Crippen molar-refractivity contribution in [2.24, 2.45) is 0 Å². The Bertz CT molecular complexity index is 506. The van der Waals surface area contributed by atoms with Gasteiger partial charge in [-0.05, 0) is 38.1 Å². The van der Waals surface area contributed by atoms with Crippen molar-refractivity contribution in [2.75, 3.05) is 17.7 Å². The van der Waals surface area contributed by atoms with Gasteiger partial charge in [0.25, 0.3) is 0 Å². The Morgan fingerprint density at radius 2 is 2.00 bits per heavy atom. The summed E-state index contributed by atoms with van der Waals surface area (Å²) in [4.78, 5) is 6.56. The number of aromatic nitrogens is 1. The van der Waals surface area contributed by atoms with Crippen molar-refractivity contribution in [3.8, 4) is 0 Å². The minimum Gasteiger partial charge on any atom is -0.397 e. The van der Waals surface area contributed by atoms with Crippen molar-refractivity contribution in [1.82, 2.24) is 4.98 Å². The first-order chi connectivity index (χ1) is 7.61. The number of nitrogens with two attached hydrogens (primary N) is 1. The van der Waals surface area contributed by atoms with Crippen molar-refractivity contribution >= 4 is 22.3 Å². The summed E-state index contributed by atoms with van der Waals surface area (Å²) in [5.41, 5.74) is 8.71. The fraction of sp³-hybridized carbons (Fsp3) is 0.308. The maximum atomic E-state index is 5.92. The van der Waals surface area contributed by atoms with E-state index in [-0.39, 0.29) is 0 Å². The molecule has 0 aliphatic rings. The zero-order chi connectivity index (χ0) is 11.7. The molecule has 16 heavy (non-hydrogen) atoms. The second kappa shape index (κ2) is 4.00. The average Bonchev–Trinajstić information content (AvgIpc) is 2.29. The van der Waals surface area contributed by atoms with Crippen molar-refractivity contribution < 1.29 is 0 Å². The lowest BCUT2D eigenvalue weighted by atomic mass is 10.1. The highest BCUT2D eigenvalue weighted by Crippen LogP contribution is 2.29. The minimum atomic E-state index is 0.451.